The summed E-state index contributed by atoms with van der Waals surface area (Å²) in [5.74, 6) is -2.00. The summed E-state index contributed by atoms with van der Waals surface area (Å²) < 4.78 is 31.2. The number of carbonyl (C=O) groups excluding carboxylic acids is 3. The number of ether oxygens (including phenoxy) is 1. The molecule has 1 rings (SSSR count). The molecule has 0 radical (unpaired) electrons. The van der Waals surface area contributed by atoms with E-state index < -0.39 is 34.5 Å². The van der Waals surface area contributed by atoms with Crippen molar-refractivity contribution in [3.63, 3.8) is 0 Å². The molecule has 0 saturated heterocycles. The molecule has 0 fully saturated rings. The Morgan fingerprint density at radius 2 is 1.67 bits per heavy atom. The van der Waals surface area contributed by atoms with Gasteiger partial charge < -0.3 is 15.4 Å². The minimum atomic E-state index is -3.96. The van der Waals surface area contributed by atoms with Crippen LogP contribution < -0.4 is 15.4 Å². The molecule has 9 nitrogen and oxygen atoms in total. The molecule has 0 bridgehead atoms. The normalized spacial score (nSPS) is 12.3. The Morgan fingerprint density at radius 1 is 1.07 bits per heavy atom. The van der Waals surface area contributed by atoms with E-state index in [1.807, 2.05) is 0 Å². The van der Waals surface area contributed by atoms with Crippen LogP contribution in [0.3, 0.4) is 0 Å². The number of rotatable bonds is 9. The van der Waals surface area contributed by atoms with Gasteiger partial charge >= 0.3 is 5.97 Å². The summed E-state index contributed by atoms with van der Waals surface area (Å²) in [5.41, 5.74) is 0. The van der Waals surface area contributed by atoms with Gasteiger partial charge in [0.15, 0.2) is 6.61 Å². The van der Waals surface area contributed by atoms with Gasteiger partial charge in [0.1, 0.15) is 6.04 Å². The van der Waals surface area contributed by atoms with Crippen molar-refractivity contribution in [2.45, 2.75) is 37.8 Å². The molecular weight excluding hydrogens is 398 g/mol. The van der Waals surface area contributed by atoms with Crippen molar-refractivity contribution in [2.75, 3.05) is 13.2 Å². The Morgan fingerprint density at radius 3 is 2.22 bits per heavy atom. The van der Waals surface area contributed by atoms with Gasteiger partial charge in [0.2, 0.25) is 15.9 Å². The van der Waals surface area contributed by atoms with Gasteiger partial charge in [-0.2, -0.15) is 4.72 Å². The predicted molar refractivity (Wildman–Crippen MR) is 98.5 cm³/mol. The molecule has 3 N–H and O–H groups in total. The molecule has 0 aromatic heterocycles. The molecule has 0 heterocycles. The van der Waals surface area contributed by atoms with Gasteiger partial charge in [-0.1, -0.05) is 11.6 Å². The van der Waals surface area contributed by atoms with Crippen LogP contribution in [-0.4, -0.2) is 51.4 Å². The molecule has 0 aliphatic rings. The second kappa shape index (κ2) is 10.2. The first-order valence-electron chi connectivity index (χ1n) is 8.02. The van der Waals surface area contributed by atoms with Crippen LogP contribution in [0, 0.1) is 0 Å². The summed E-state index contributed by atoms with van der Waals surface area (Å²) in [6, 6.07) is 4.10. The van der Waals surface area contributed by atoms with E-state index in [1.165, 1.54) is 31.2 Å². The zero-order valence-electron chi connectivity index (χ0n) is 15.1. The van der Waals surface area contributed by atoms with Gasteiger partial charge in [0.25, 0.3) is 5.91 Å². The monoisotopic (exact) mass is 419 g/mol. The molecule has 1 aromatic carbocycles. The Kier molecular flexibility index (Phi) is 8.67. The quantitative estimate of drug-likeness (QED) is 0.490. The van der Waals surface area contributed by atoms with Crippen molar-refractivity contribution in [3.05, 3.63) is 29.3 Å². The molecule has 0 aliphatic carbocycles. The number of carbonyl (C=O) groups is 3. The molecule has 0 unspecified atom stereocenters. The number of halogens is 1. The van der Waals surface area contributed by atoms with E-state index >= 15 is 0 Å². The van der Waals surface area contributed by atoms with E-state index in [0.717, 1.165) is 0 Å². The standard InChI is InChI=1S/C16H22ClN3O6S/c1-10(2)19-14(21)8-18-15(22)9-26-16(23)11(3)20-27(24,25)13-6-4-12(17)5-7-13/h4-7,10-11,20H,8-9H2,1-3H3,(H,18,22)(H,19,21)/t11-/m0/s1. The Hall–Kier alpha value is -2.17. The molecule has 11 heteroatoms. The molecule has 2 amide bonds. The molecular formula is C16H22ClN3O6S. The molecule has 0 saturated carbocycles. The summed E-state index contributed by atoms with van der Waals surface area (Å²) in [5, 5.41) is 5.23. The van der Waals surface area contributed by atoms with Crippen molar-refractivity contribution in [1.82, 2.24) is 15.4 Å². The van der Waals surface area contributed by atoms with Crippen LogP contribution in [0.4, 0.5) is 0 Å². The van der Waals surface area contributed by atoms with E-state index in [-0.39, 0.29) is 23.4 Å². The predicted octanol–water partition coefficient (Wildman–Crippen LogP) is 0.191. The third-order valence-corrected chi connectivity index (χ3v) is 4.86. The van der Waals surface area contributed by atoms with Crippen LogP contribution in [0.1, 0.15) is 20.8 Å². The van der Waals surface area contributed by atoms with Crippen molar-refractivity contribution >= 4 is 39.4 Å². The maximum Gasteiger partial charge on any atom is 0.324 e. The SMILES string of the molecule is CC(C)NC(=O)CNC(=O)COC(=O)[C@H](C)NS(=O)(=O)c1ccc(Cl)cc1. The molecule has 150 valence electrons. The Bertz CT molecular complexity index is 780. The summed E-state index contributed by atoms with van der Waals surface area (Å²) in [4.78, 5) is 34.8. The smallest absolute Gasteiger partial charge is 0.324 e. The summed E-state index contributed by atoms with van der Waals surface area (Å²) in [6.07, 6.45) is 0. The topological polar surface area (TPSA) is 131 Å². The first-order chi connectivity index (χ1) is 12.5. The maximum absolute atomic E-state index is 12.2. The van der Waals surface area contributed by atoms with E-state index in [0.29, 0.717) is 5.02 Å². The van der Waals surface area contributed by atoms with Gasteiger partial charge in [0.05, 0.1) is 11.4 Å². The molecule has 1 aromatic rings. The van der Waals surface area contributed by atoms with Crippen molar-refractivity contribution in [2.24, 2.45) is 0 Å². The summed E-state index contributed by atoms with van der Waals surface area (Å²) in [7, 11) is -3.96. The van der Waals surface area contributed by atoms with E-state index in [1.54, 1.807) is 13.8 Å². The summed E-state index contributed by atoms with van der Waals surface area (Å²) in [6.45, 7) is 3.93. The molecule has 1 atom stereocenters. The number of sulfonamides is 1. The zero-order chi connectivity index (χ0) is 20.6. The van der Waals surface area contributed by atoms with Gasteiger partial charge in [-0.25, -0.2) is 8.42 Å². The van der Waals surface area contributed by atoms with Crippen molar-refractivity contribution < 1.29 is 27.5 Å². The highest BCUT2D eigenvalue weighted by atomic mass is 35.5. The van der Waals surface area contributed by atoms with Gasteiger partial charge in [0, 0.05) is 11.1 Å². The van der Waals surface area contributed by atoms with Crippen LogP contribution in [0.5, 0.6) is 0 Å². The Labute approximate surface area is 162 Å². The maximum atomic E-state index is 12.2. The number of nitrogens with one attached hydrogen (secondary N) is 3. The number of esters is 1. The average Bonchev–Trinajstić information content (AvgIpc) is 2.57. The second-order valence-electron chi connectivity index (χ2n) is 5.90. The van der Waals surface area contributed by atoms with Gasteiger partial charge in [-0.3, -0.25) is 14.4 Å². The van der Waals surface area contributed by atoms with Crippen LogP contribution in [-0.2, 0) is 29.1 Å². The van der Waals surface area contributed by atoms with Gasteiger partial charge in [-0.05, 0) is 45.0 Å². The van der Waals surface area contributed by atoms with E-state index in [4.69, 9.17) is 16.3 Å². The third-order valence-electron chi connectivity index (χ3n) is 3.05. The minimum Gasteiger partial charge on any atom is -0.454 e. The fourth-order valence-electron chi connectivity index (χ4n) is 1.83. The lowest BCUT2D eigenvalue weighted by Gasteiger charge is -2.14. The Balaban J connectivity index is 2.46. The number of hydrogen-bond acceptors (Lipinski definition) is 6. The van der Waals surface area contributed by atoms with Crippen molar-refractivity contribution in [1.29, 1.82) is 0 Å². The molecule has 0 aliphatic heterocycles. The van der Waals surface area contributed by atoms with Gasteiger partial charge in [-0.15, -0.1) is 0 Å². The lowest BCUT2D eigenvalue weighted by Crippen LogP contribution is -2.43. The lowest BCUT2D eigenvalue weighted by molar-refractivity contribution is -0.149. The number of hydrogen-bond donors (Lipinski definition) is 3. The number of benzene rings is 1. The first-order valence-corrected chi connectivity index (χ1v) is 9.88. The fraction of sp³-hybridized carbons (Fsp3) is 0.438. The van der Waals surface area contributed by atoms with Crippen LogP contribution in [0.2, 0.25) is 5.02 Å². The van der Waals surface area contributed by atoms with E-state index in [2.05, 4.69) is 15.4 Å². The highest BCUT2D eigenvalue weighted by molar-refractivity contribution is 7.89. The zero-order valence-corrected chi connectivity index (χ0v) is 16.7. The largest absolute Gasteiger partial charge is 0.454 e. The fourth-order valence-corrected chi connectivity index (χ4v) is 3.15. The summed E-state index contributed by atoms with van der Waals surface area (Å²) >= 11 is 5.71. The second-order valence-corrected chi connectivity index (χ2v) is 8.05. The lowest BCUT2D eigenvalue weighted by atomic mass is 10.4. The van der Waals surface area contributed by atoms with E-state index in [9.17, 15) is 22.8 Å². The highest BCUT2D eigenvalue weighted by Crippen LogP contribution is 2.14. The van der Waals surface area contributed by atoms with Crippen LogP contribution in [0.25, 0.3) is 0 Å². The van der Waals surface area contributed by atoms with Crippen LogP contribution in [0.15, 0.2) is 29.2 Å². The molecule has 0 spiro atoms. The van der Waals surface area contributed by atoms with Crippen LogP contribution >= 0.6 is 11.6 Å². The minimum absolute atomic E-state index is 0.0678. The number of amides is 2. The highest BCUT2D eigenvalue weighted by Gasteiger charge is 2.23. The molecule has 27 heavy (non-hydrogen) atoms. The third kappa shape index (κ3) is 8.37. The first kappa shape index (κ1) is 22.9. The average molecular weight is 420 g/mol. The van der Waals surface area contributed by atoms with Crippen molar-refractivity contribution in [3.8, 4) is 0 Å².